The van der Waals surface area contributed by atoms with Crippen LogP contribution in [-0.2, 0) is 25.3 Å². The van der Waals surface area contributed by atoms with Crippen LogP contribution in [0.15, 0.2) is 40.1 Å². The minimum Gasteiger partial charge on any atom is -0.454 e. The van der Waals surface area contributed by atoms with E-state index in [9.17, 15) is 14.4 Å². The number of carbonyl (C=O) groups is 1. The Morgan fingerprint density at radius 3 is 2.81 bits per heavy atom. The maximum absolute atomic E-state index is 12.0. The van der Waals surface area contributed by atoms with E-state index in [1.807, 2.05) is 18.2 Å². The van der Waals surface area contributed by atoms with Crippen LogP contribution in [0.25, 0.3) is 6.08 Å². The van der Waals surface area contributed by atoms with Crippen molar-refractivity contribution in [3.05, 3.63) is 62.4 Å². The third kappa shape index (κ3) is 3.69. The van der Waals surface area contributed by atoms with E-state index in [0.717, 1.165) is 15.9 Å². The van der Waals surface area contributed by atoms with E-state index in [1.54, 1.807) is 7.05 Å². The Kier molecular flexibility index (Phi) is 4.92. The fraction of sp³-hybridized carbons (Fsp3) is 0.278. The van der Waals surface area contributed by atoms with E-state index in [-0.39, 0.29) is 18.3 Å². The van der Waals surface area contributed by atoms with Gasteiger partial charge in [0.2, 0.25) is 12.7 Å². The average Bonchev–Trinajstić information content (AvgIpc) is 3.09. The molecule has 0 unspecified atom stereocenters. The summed E-state index contributed by atoms with van der Waals surface area (Å²) in [6.07, 6.45) is 4.72. The van der Waals surface area contributed by atoms with Crippen LogP contribution in [-0.4, -0.2) is 28.4 Å². The molecule has 0 aliphatic carbocycles. The molecule has 1 N–H and O–H groups in total. The number of fused-ring (bicyclic) bond motifs is 1. The summed E-state index contributed by atoms with van der Waals surface area (Å²) in [5.41, 5.74) is 0.420. The first kappa shape index (κ1) is 17.5. The number of ether oxygens (including phenoxy) is 2. The van der Waals surface area contributed by atoms with Gasteiger partial charge < -0.3 is 19.4 Å². The second-order valence-electron chi connectivity index (χ2n) is 5.90. The molecule has 8 heteroatoms. The molecule has 0 bridgehead atoms. The van der Waals surface area contributed by atoms with Crippen molar-refractivity contribution in [3.8, 4) is 11.5 Å². The number of nitrogens with zero attached hydrogens (tertiary/aromatic N) is 2. The van der Waals surface area contributed by atoms with E-state index >= 15 is 0 Å². The van der Waals surface area contributed by atoms with Gasteiger partial charge in [-0.05, 0) is 30.2 Å². The Balaban J connectivity index is 1.57. The van der Waals surface area contributed by atoms with Gasteiger partial charge in [0.05, 0.1) is 5.56 Å². The molecule has 1 amide bonds. The molecule has 3 rings (SSSR count). The smallest absolute Gasteiger partial charge is 0.330 e. The normalized spacial score (nSPS) is 12.5. The Bertz CT molecular complexity index is 987. The summed E-state index contributed by atoms with van der Waals surface area (Å²) < 4.78 is 12.9. The lowest BCUT2D eigenvalue weighted by Crippen LogP contribution is -2.37. The van der Waals surface area contributed by atoms with Crippen molar-refractivity contribution in [2.45, 2.75) is 6.42 Å². The summed E-state index contributed by atoms with van der Waals surface area (Å²) in [4.78, 5) is 35.5. The van der Waals surface area contributed by atoms with Gasteiger partial charge in [0.25, 0.3) is 5.56 Å². The summed E-state index contributed by atoms with van der Waals surface area (Å²) in [6, 6.07) is 5.65. The monoisotopic (exact) mass is 357 g/mol. The van der Waals surface area contributed by atoms with Crippen molar-refractivity contribution in [1.29, 1.82) is 0 Å². The first-order valence-corrected chi connectivity index (χ1v) is 8.07. The quantitative estimate of drug-likeness (QED) is 0.771. The molecule has 8 nitrogen and oxygen atoms in total. The lowest BCUT2D eigenvalue weighted by atomic mass is 10.1. The highest BCUT2D eigenvalue weighted by molar-refractivity contribution is 5.91. The number of nitrogens with one attached hydrogen (secondary N) is 1. The molecular formula is C18H19N3O5. The highest BCUT2D eigenvalue weighted by Gasteiger charge is 2.13. The maximum atomic E-state index is 12.0. The van der Waals surface area contributed by atoms with Crippen LogP contribution in [0.5, 0.6) is 11.5 Å². The molecule has 0 radical (unpaired) electrons. The molecule has 1 aromatic carbocycles. The molecule has 136 valence electrons. The summed E-state index contributed by atoms with van der Waals surface area (Å²) in [6.45, 7) is 0.666. The summed E-state index contributed by atoms with van der Waals surface area (Å²) >= 11 is 0. The van der Waals surface area contributed by atoms with Gasteiger partial charge in [-0.3, -0.25) is 14.2 Å². The number of hydrogen-bond donors (Lipinski definition) is 1. The van der Waals surface area contributed by atoms with Gasteiger partial charge in [0, 0.05) is 32.9 Å². The van der Waals surface area contributed by atoms with E-state index in [0.29, 0.717) is 18.7 Å². The summed E-state index contributed by atoms with van der Waals surface area (Å²) in [5, 5.41) is 2.75. The molecule has 0 saturated heterocycles. The zero-order valence-corrected chi connectivity index (χ0v) is 14.5. The van der Waals surface area contributed by atoms with Crippen LogP contribution in [0.3, 0.4) is 0 Å². The molecule has 2 heterocycles. The second-order valence-corrected chi connectivity index (χ2v) is 5.90. The van der Waals surface area contributed by atoms with E-state index in [1.165, 1.54) is 30.0 Å². The van der Waals surface area contributed by atoms with Gasteiger partial charge in [-0.15, -0.1) is 0 Å². The Morgan fingerprint density at radius 1 is 1.23 bits per heavy atom. The highest BCUT2D eigenvalue weighted by Crippen LogP contribution is 2.32. The SMILES string of the molecule is Cn1cc(/C=C/C(=O)NCCc2ccc3c(c2)OCO3)c(=O)n(C)c1=O. The first-order valence-electron chi connectivity index (χ1n) is 8.07. The standard InChI is InChI=1S/C18H19N3O5/c1-20-10-13(17(23)21(2)18(20)24)4-6-16(22)19-8-7-12-3-5-14-15(9-12)26-11-25-14/h3-6,9-10H,7-8,11H2,1-2H3,(H,19,22)/b6-4+. The fourth-order valence-corrected chi connectivity index (χ4v) is 2.60. The third-order valence-electron chi connectivity index (χ3n) is 4.04. The number of aromatic nitrogens is 2. The van der Waals surface area contributed by atoms with Crippen LogP contribution in [0, 0.1) is 0 Å². The predicted molar refractivity (Wildman–Crippen MR) is 95.2 cm³/mol. The minimum absolute atomic E-state index is 0.227. The van der Waals surface area contributed by atoms with Crippen molar-refractivity contribution >= 4 is 12.0 Å². The first-order chi connectivity index (χ1) is 12.5. The van der Waals surface area contributed by atoms with Crippen molar-refractivity contribution < 1.29 is 14.3 Å². The molecule has 0 fully saturated rings. The van der Waals surface area contributed by atoms with Crippen molar-refractivity contribution in [2.75, 3.05) is 13.3 Å². The van der Waals surface area contributed by atoms with Crippen molar-refractivity contribution in [1.82, 2.24) is 14.5 Å². The lowest BCUT2D eigenvalue weighted by molar-refractivity contribution is -0.116. The van der Waals surface area contributed by atoms with Crippen molar-refractivity contribution in [3.63, 3.8) is 0 Å². The number of rotatable bonds is 5. The number of aryl methyl sites for hydroxylation is 1. The lowest BCUT2D eigenvalue weighted by Gasteiger charge is -2.05. The van der Waals surface area contributed by atoms with Crippen LogP contribution < -0.4 is 26.0 Å². The Labute approximate surface area is 149 Å². The highest BCUT2D eigenvalue weighted by atomic mass is 16.7. The van der Waals surface area contributed by atoms with Crippen molar-refractivity contribution in [2.24, 2.45) is 14.1 Å². The van der Waals surface area contributed by atoms with Gasteiger partial charge in [-0.2, -0.15) is 0 Å². The molecule has 0 spiro atoms. The van der Waals surface area contributed by atoms with Gasteiger partial charge in [0.1, 0.15) is 0 Å². The molecule has 1 aromatic heterocycles. The maximum Gasteiger partial charge on any atom is 0.330 e. The summed E-state index contributed by atoms with van der Waals surface area (Å²) in [5.74, 6) is 1.11. The number of carbonyl (C=O) groups excluding carboxylic acids is 1. The van der Waals surface area contributed by atoms with Crippen LogP contribution in [0.1, 0.15) is 11.1 Å². The van der Waals surface area contributed by atoms with Crippen LogP contribution in [0.4, 0.5) is 0 Å². The number of amides is 1. The largest absolute Gasteiger partial charge is 0.454 e. The minimum atomic E-state index is -0.447. The molecule has 0 atom stereocenters. The zero-order chi connectivity index (χ0) is 18.7. The molecule has 1 aliphatic heterocycles. The molecule has 26 heavy (non-hydrogen) atoms. The predicted octanol–water partition coefficient (Wildman–Crippen LogP) is 0.185. The van der Waals surface area contributed by atoms with E-state index in [4.69, 9.17) is 9.47 Å². The molecule has 0 saturated carbocycles. The molecular weight excluding hydrogens is 338 g/mol. The molecule has 2 aromatic rings. The fourth-order valence-electron chi connectivity index (χ4n) is 2.60. The Hall–Kier alpha value is -3.29. The van der Waals surface area contributed by atoms with E-state index < -0.39 is 11.2 Å². The summed E-state index contributed by atoms with van der Waals surface area (Å²) in [7, 11) is 2.94. The van der Waals surface area contributed by atoms with Crippen LogP contribution >= 0.6 is 0 Å². The average molecular weight is 357 g/mol. The second kappa shape index (κ2) is 7.30. The van der Waals surface area contributed by atoms with Gasteiger partial charge in [-0.1, -0.05) is 6.07 Å². The topological polar surface area (TPSA) is 91.6 Å². The third-order valence-corrected chi connectivity index (χ3v) is 4.04. The van der Waals surface area contributed by atoms with Gasteiger partial charge in [0.15, 0.2) is 11.5 Å². The zero-order valence-electron chi connectivity index (χ0n) is 14.5. The van der Waals surface area contributed by atoms with Gasteiger partial charge >= 0.3 is 5.69 Å². The van der Waals surface area contributed by atoms with Gasteiger partial charge in [-0.25, -0.2) is 4.79 Å². The van der Waals surface area contributed by atoms with E-state index in [2.05, 4.69) is 5.32 Å². The molecule has 1 aliphatic rings. The number of benzene rings is 1. The Morgan fingerprint density at radius 2 is 2.00 bits per heavy atom. The van der Waals surface area contributed by atoms with Crippen LogP contribution in [0.2, 0.25) is 0 Å². The number of hydrogen-bond acceptors (Lipinski definition) is 5.